The molecule has 1 aliphatic heterocycles. The molecule has 1 aliphatic carbocycles. The first-order valence-corrected chi connectivity index (χ1v) is 3.77. The molecule has 2 atom stereocenters. The van der Waals surface area contributed by atoms with Crippen LogP contribution in [0.3, 0.4) is 0 Å². The fourth-order valence-electron chi connectivity index (χ4n) is 1.95. The van der Waals surface area contributed by atoms with Crippen molar-refractivity contribution in [3.8, 4) is 0 Å². The van der Waals surface area contributed by atoms with Gasteiger partial charge < -0.3 is 4.90 Å². The molecule has 2 aliphatic rings. The van der Waals surface area contributed by atoms with Crippen molar-refractivity contribution in [2.24, 2.45) is 5.92 Å². The smallest absolute Gasteiger partial charge is 0.0322 e. The van der Waals surface area contributed by atoms with Crippen molar-refractivity contribution >= 4 is 0 Å². The second-order valence-electron chi connectivity index (χ2n) is 3.12. The van der Waals surface area contributed by atoms with E-state index in [9.17, 15) is 0 Å². The van der Waals surface area contributed by atoms with Gasteiger partial charge in [-0.25, -0.2) is 0 Å². The number of hydrogen-bond acceptors (Lipinski definition) is 1. The molecule has 2 unspecified atom stereocenters. The highest BCUT2D eigenvalue weighted by Gasteiger charge is 2.47. The Labute approximate surface area is 56.4 Å². The van der Waals surface area contributed by atoms with E-state index in [1.54, 1.807) is 0 Å². The quantitative estimate of drug-likeness (QED) is 0.512. The molecule has 1 saturated heterocycles. The number of nitrogens with zero attached hydrogens (tertiary/aromatic N) is 1. The van der Waals surface area contributed by atoms with E-state index in [2.05, 4.69) is 18.4 Å². The maximum absolute atomic E-state index is 4.01. The first kappa shape index (κ1) is 5.33. The molecule has 0 N–H and O–H groups in total. The van der Waals surface area contributed by atoms with Gasteiger partial charge in [0.15, 0.2) is 0 Å². The van der Waals surface area contributed by atoms with Gasteiger partial charge in [-0.1, -0.05) is 6.58 Å². The molecule has 0 aromatic carbocycles. The third kappa shape index (κ3) is 0.606. The lowest BCUT2D eigenvalue weighted by molar-refractivity contribution is 0.377. The summed E-state index contributed by atoms with van der Waals surface area (Å²) in [5, 5.41) is 0. The highest BCUT2D eigenvalue weighted by atomic mass is 15.2. The Morgan fingerprint density at radius 2 is 2.56 bits per heavy atom. The number of rotatable bonds is 1. The van der Waals surface area contributed by atoms with Crippen molar-refractivity contribution in [1.29, 1.82) is 0 Å². The van der Waals surface area contributed by atoms with Crippen molar-refractivity contribution in [2.75, 3.05) is 6.54 Å². The number of allylic oxidation sites excluding steroid dienone is 1. The van der Waals surface area contributed by atoms with Crippen LogP contribution in [0.5, 0.6) is 0 Å². The van der Waals surface area contributed by atoms with Crippen LogP contribution in [0.2, 0.25) is 0 Å². The summed E-state index contributed by atoms with van der Waals surface area (Å²) >= 11 is 0. The van der Waals surface area contributed by atoms with E-state index in [0.29, 0.717) is 0 Å². The first-order valence-electron chi connectivity index (χ1n) is 3.77. The number of hydrogen-bond donors (Lipinski definition) is 0. The summed E-state index contributed by atoms with van der Waals surface area (Å²) in [5.74, 6) is 0.998. The van der Waals surface area contributed by atoms with E-state index in [-0.39, 0.29) is 0 Å². The van der Waals surface area contributed by atoms with E-state index >= 15 is 0 Å². The molecular formula is C8H13N. The maximum atomic E-state index is 4.01. The van der Waals surface area contributed by atoms with E-state index in [1.165, 1.54) is 25.1 Å². The molecule has 2 fully saturated rings. The molecule has 1 heterocycles. The number of piperidine rings is 1. The van der Waals surface area contributed by atoms with Crippen molar-refractivity contribution in [3.63, 3.8) is 0 Å². The minimum Gasteiger partial charge on any atom is -0.372 e. The Bertz CT molecular complexity index is 151. The zero-order valence-electron chi connectivity index (χ0n) is 5.93. The lowest BCUT2D eigenvalue weighted by atomic mass is 10.3. The first-order chi connectivity index (χ1) is 4.33. The Kier molecular flexibility index (Phi) is 0.904. The third-order valence-corrected chi connectivity index (χ3v) is 2.53. The third-order valence-electron chi connectivity index (χ3n) is 2.53. The van der Waals surface area contributed by atoms with E-state index < -0.39 is 0 Å². The van der Waals surface area contributed by atoms with Gasteiger partial charge in [-0.3, -0.25) is 0 Å². The average molecular weight is 123 g/mol. The zero-order valence-corrected chi connectivity index (χ0v) is 5.93. The molecule has 1 heteroatoms. The average Bonchev–Trinajstić information content (AvgIpc) is 2.45. The molecule has 2 rings (SSSR count). The van der Waals surface area contributed by atoms with Gasteiger partial charge in [-0.2, -0.15) is 0 Å². The predicted octanol–water partition coefficient (Wildman–Crippen LogP) is 1.61. The minimum absolute atomic E-state index is 0.905. The molecule has 1 nitrogen and oxygen atoms in total. The van der Waals surface area contributed by atoms with Crippen LogP contribution < -0.4 is 0 Å². The van der Waals surface area contributed by atoms with Gasteiger partial charge in [0.25, 0.3) is 0 Å². The second kappa shape index (κ2) is 1.53. The Morgan fingerprint density at radius 1 is 1.78 bits per heavy atom. The van der Waals surface area contributed by atoms with Gasteiger partial charge in [0, 0.05) is 18.3 Å². The van der Waals surface area contributed by atoms with Gasteiger partial charge in [0.1, 0.15) is 0 Å². The van der Waals surface area contributed by atoms with Gasteiger partial charge in [0.2, 0.25) is 0 Å². The van der Waals surface area contributed by atoms with Crippen molar-refractivity contribution in [2.45, 2.75) is 25.8 Å². The summed E-state index contributed by atoms with van der Waals surface area (Å²) in [4.78, 5) is 2.45. The van der Waals surface area contributed by atoms with Crippen LogP contribution in [0.1, 0.15) is 19.8 Å². The SMILES string of the molecule is C=C1CC2CC2N1CC. The molecule has 0 radical (unpaired) electrons. The van der Waals surface area contributed by atoms with Crippen LogP contribution in [-0.4, -0.2) is 17.5 Å². The number of likely N-dealkylation sites (tertiary alicyclic amines) is 1. The second-order valence-corrected chi connectivity index (χ2v) is 3.12. The van der Waals surface area contributed by atoms with E-state index in [4.69, 9.17) is 0 Å². The predicted molar refractivity (Wildman–Crippen MR) is 38.0 cm³/mol. The Balaban J connectivity index is 2.10. The monoisotopic (exact) mass is 123 g/mol. The summed E-state index contributed by atoms with van der Waals surface area (Å²) in [6.45, 7) is 7.39. The van der Waals surface area contributed by atoms with Gasteiger partial charge in [-0.05, 0) is 25.7 Å². The van der Waals surface area contributed by atoms with Crippen molar-refractivity contribution in [1.82, 2.24) is 4.90 Å². The topological polar surface area (TPSA) is 3.24 Å². The van der Waals surface area contributed by atoms with Gasteiger partial charge >= 0.3 is 0 Å². The Hall–Kier alpha value is -0.460. The van der Waals surface area contributed by atoms with Crippen LogP contribution in [0.25, 0.3) is 0 Å². The minimum atomic E-state index is 0.905. The van der Waals surface area contributed by atoms with Gasteiger partial charge in [0.05, 0.1) is 0 Å². The van der Waals surface area contributed by atoms with E-state index in [0.717, 1.165) is 12.0 Å². The normalized spacial score (nSPS) is 39.2. The van der Waals surface area contributed by atoms with E-state index in [1.807, 2.05) is 0 Å². The van der Waals surface area contributed by atoms with Crippen LogP contribution in [0.4, 0.5) is 0 Å². The van der Waals surface area contributed by atoms with Crippen LogP contribution in [0, 0.1) is 5.92 Å². The molecule has 0 spiro atoms. The highest BCUT2D eigenvalue weighted by Crippen LogP contribution is 2.48. The Morgan fingerprint density at radius 3 is 2.89 bits per heavy atom. The molecule has 9 heavy (non-hydrogen) atoms. The standard InChI is InChI=1S/C8H13N/c1-3-9-6(2)4-7-5-8(7)9/h7-8H,2-5H2,1H3. The summed E-state index contributed by atoms with van der Waals surface area (Å²) < 4.78 is 0. The van der Waals surface area contributed by atoms with Gasteiger partial charge in [-0.15, -0.1) is 0 Å². The molecule has 0 aromatic rings. The van der Waals surface area contributed by atoms with Crippen molar-refractivity contribution in [3.05, 3.63) is 12.3 Å². The molecule has 0 bridgehead atoms. The summed E-state index contributed by atoms with van der Waals surface area (Å²) in [6, 6.07) is 0.905. The fourth-order valence-corrected chi connectivity index (χ4v) is 1.95. The van der Waals surface area contributed by atoms with Crippen LogP contribution in [-0.2, 0) is 0 Å². The summed E-state index contributed by atoms with van der Waals surface area (Å²) in [6.07, 6.45) is 2.71. The highest BCUT2D eigenvalue weighted by molar-refractivity contribution is 5.16. The molecule has 50 valence electrons. The van der Waals surface area contributed by atoms with Crippen LogP contribution >= 0.6 is 0 Å². The molecule has 1 saturated carbocycles. The lowest BCUT2D eigenvalue weighted by Gasteiger charge is -2.19. The molecular weight excluding hydrogens is 110 g/mol. The summed E-state index contributed by atoms with van der Waals surface area (Å²) in [5.41, 5.74) is 1.37. The molecule has 0 amide bonds. The zero-order chi connectivity index (χ0) is 6.43. The summed E-state index contributed by atoms with van der Waals surface area (Å²) in [7, 11) is 0. The van der Waals surface area contributed by atoms with Crippen molar-refractivity contribution < 1.29 is 0 Å². The molecule has 0 aromatic heterocycles. The maximum Gasteiger partial charge on any atom is 0.0322 e. The lowest BCUT2D eigenvalue weighted by Crippen LogP contribution is -2.19. The largest absolute Gasteiger partial charge is 0.372 e. The van der Waals surface area contributed by atoms with Crippen LogP contribution in [0.15, 0.2) is 12.3 Å². The number of fused-ring (bicyclic) bond motifs is 1. The fraction of sp³-hybridized carbons (Fsp3) is 0.750.